The molecule has 0 saturated carbocycles. The molecule has 8 heteroatoms. The smallest absolute Gasteiger partial charge is 0.175 e. The van der Waals surface area contributed by atoms with Crippen LogP contribution in [0.4, 0.5) is 4.39 Å². The molecule has 1 aliphatic heterocycles. The van der Waals surface area contributed by atoms with Gasteiger partial charge in [-0.05, 0) is 23.4 Å². The SMILES string of the molecule is CC(C)CN1CCC(F)(C(=O)Cc2cc3cc(-n4ccnn4)ncc3cn2)CC1. The fourth-order valence-electron chi connectivity index (χ4n) is 3.83. The van der Waals surface area contributed by atoms with Crippen molar-refractivity contribution < 1.29 is 9.18 Å². The summed E-state index contributed by atoms with van der Waals surface area (Å²) in [5.41, 5.74) is -1.19. The van der Waals surface area contributed by atoms with Crippen LogP contribution in [-0.2, 0) is 11.2 Å². The Labute approximate surface area is 169 Å². The molecule has 0 radical (unpaired) electrons. The Hall–Kier alpha value is -2.74. The van der Waals surface area contributed by atoms with Crippen molar-refractivity contribution in [3.8, 4) is 5.82 Å². The lowest BCUT2D eigenvalue weighted by Crippen LogP contribution is -2.47. The number of Topliss-reactive ketones (excluding diaryl/α,β-unsaturated/α-hetero) is 1. The van der Waals surface area contributed by atoms with Gasteiger partial charge in [-0.15, -0.1) is 5.10 Å². The number of fused-ring (bicyclic) bond motifs is 1. The van der Waals surface area contributed by atoms with Crippen LogP contribution >= 0.6 is 0 Å². The van der Waals surface area contributed by atoms with Crippen molar-refractivity contribution in [2.24, 2.45) is 5.92 Å². The molecule has 3 aromatic rings. The summed E-state index contributed by atoms with van der Waals surface area (Å²) < 4.78 is 16.9. The second-order valence-electron chi connectivity index (χ2n) is 8.17. The molecule has 0 aromatic carbocycles. The fraction of sp³-hybridized carbons (Fsp3) is 0.476. The first-order chi connectivity index (χ1) is 13.9. The van der Waals surface area contributed by atoms with Crippen molar-refractivity contribution in [3.63, 3.8) is 0 Å². The van der Waals surface area contributed by atoms with Crippen LogP contribution in [0.3, 0.4) is 0 Å². The molecule has 0 amide bonds. The number of carbonyl (C=O) groups is 1. The number of nitrogens with zero attached hydrogens (tertiary/aromatic N) is 6. The number of likely N-dealkylation sites (tertiary alicyclic amines) is 1. The zero-order valence-electron chi connectivity index (χ0n) is 16.8. The average molecular weight is 396 g/mol. The molecule has 1 saturated heterocycles. The van der Waals surface area contributed by atoms with Crippen molar-refractivity contribution >= 4 is 16.6 Å². The normalized spacial score (nSPS) is 17.1. The number of carbonyl (C=O) groups excluding carboxylic acids is 1. The van der Waals surface area contributed by atoms with Gasteiger partial charge in [0.25, 0.3) is 0 Å². The first-order valence-corrected chi connectivity index (χ1v) is 9.99. The van der Waals surface area contributed by atoms with Crippen molar-refractivity contribution in [2.45, 2.75) is 38.8 Å². The van der Waals surface area contributed by atoms with Gasteiger partial charge in [-0.2, -0.15) is 0 Å². The first kappa shape index (κ1) is 19.6. The maximum Gasteiger partial charge on any atom is 0.175 e. The number of rotatable bonds is 6. The van der Waals surface area contributed by atoms with E-state index in [0.29, 0.717) is 30.5 Å². The minimum absolute atomic E-state index is 0.00238. The second kappa shape index (κ2) is 7.94. The fourth-order valence-corrected chi connectivity index (χ4v) is 3.83. The topological polar surface area (TPSA) is 76.8 Å². The highest BCUT2D eigenvalue weighted by atomic mass is 19.1. The molecule has 1 aliphatic rings. The van der Waals surface area contributed by atoms with E-state index in [2.05, 4.69) is 39.0 Å². The molecule has 3 aromatic heterocycles. The molecular formula is C21H25FN6O. The van der Waals surface area contributed by atoms with Crippen molar-refractivity contribution in [2.75, 3.05) is 19.6 Å². The number of alkyl halides is 1. The predicted octanol–water partition coefficient (Wildman–Crippen LogP) is 2.78. The van der Waals surface area contributed by atoms with Crippen molar-refractivity contribution in [3.05, 3.63) is 42.6 Å². The van der Waals surface area contributed by atoms with E-state index in [-0.39, 0.29) is 25.0 Å². The molecular weight excluding hydrogens is 371 g/mol. The predicted molar refractivity (Wildman–Crippen MR) is 108 cm³/mol. The van der Waals surface area contributed by atoms with Gasteiger partial charge in [0.1, 0.15) is 0 Å². The van der Waals surface area contributed by atoms with E-state index < -0.39 is 5.67 Å². The first-order valence-electron chi connectivity index (χ1n) is 9.99. The average Bonchev–Trinajstić information content (AvgIpc) is 3.24. The number of hydrogen-bond acceptors (Lipinski definition) is 6. The lowest BCUT2D eigenvalue weighted by atomic mass is 9.86. The number of ketones is 1. The summed E-state index contributed by atoms with van der Waals surface area (Å²) in [6, 6.07) is 3.68. The van der Waals surface area contributed by atoms with Crippen LogP contribution in [0.25, 0.3) is 16.6 Å². The lowest BCUT2D eigenvalue weighted by Gasteiger charge is -2.36. The van der Waals surface area contributed by atoms with E-state index in [4.69, 9.17) is 0 Å². The van der Waals surface area contributed by atoms with Gasteiger partial charge in [0.15, 0.2) is 17.3 Å². The van der Waals surface area contributed by atoms with Crippen LogP contribution in [0, 0.1) is 5.92 Å². The van der Waals surface area contributed by atoms with E-state index in [1.165, 1.54) is 0 Å². The van der Waals surface area contributed by atoms with Crippen LogP contribution in [0.5, 0.6) is 0 Å². The number of halogens is 1. The molecule has 0 bridgehead atoms. The minimum atomic E-state index is -1.76. The third-order valence-electron chi connectivity index (χ3n) is 5.42. The maximum absolute atomic E-state index is 15.3. The summed E-state index contributed by atoms with van der Waals surface area (Å²) in [7, 11) is 0. The molecule has 152 valence electrons. The summed E-state index contributed by atoms with van der Waals surface area (Å²) in [5, 5.41) is 9.45. The Morgan fingerprint density at radius 1 is 1.17 bits per heavy atom. The zero-order chi connectivity index (χ0) is 20.4. The standard InChI is InChI=1S/C21H25FN6O/c1-15(2)14-27-6-3-21(22,4-7-27)19(29)11-18-9-16-10-20(28-8-5-25-26-28)24-13-17(16)12-23-18/h5,8-10,12-13,15H,3-4,6-7,11,14H2,1-2H3. The van der Waals surface area contributed by atoms with Gasteiger partial charge in [-0.1, -0.05) is 19.1 Å². The zero-order valence-corrected chi connectivity index (χ0v) is 16.8. The number of piperidine rings is 1. The van der Waals surface area contributed by atoms with Gasteiger partial charge in [0.2, 0.25) is 0 Å². The van der Waals surface area contributed by atoms with Gasteiger partial charge in [0.05, 0.1) is 18.8 Å². The third kappa shape index (κ3) is 4.32. The van der Waals surface area contributed by atoms with E-state index in [0.717, 1.165) is 17.3 Å². The number of hydrogen-bond donors (Lipinski definition) is 0. The quantitative estimate of drug-likeness (QED) is 0.638. The van der Waals surface area contributed by atoms with E-state index in [9.17, 15) is 4.79 Å². The number of pyridine rings is 2. The molecule has 1 fully saturated rings. The molecule has 0 aliphatic carbocycles. The second-order valence-corrected chi connectivity index (χ2v) is 8.17. The summed E-state index contributed by atoms with van der Waals surface area (Å²) in [6.45, 7) is 6.49. The van der Waals surface area contributed by atoms with Gasteiger partial charge < -0.3 is 4.90 Å². The van der Waals surface area contributed by atoms with Gasteiger partial charge >= 0.3 is 0 Å². The monoisotopic (exact) mass is 396 g/mol. The van der Waals surface area contributed by atoms with Gasteiger partial charge in [0, 0.05) is 55.9 Å². The van der Waals surface area contributed by atoms with Crippen LogP contribution in [0.15, 0.2) is 36.9 Å². The summed E-state index contributed by atoms with van der Waals surface area (Å²) in [5.74, 6) is 0.786. The Kier molecular flexibility index (Phi) is 5.36. The summed E-state index contributed by atoms with van der Waals surface area (Å²) >= 11 is 0. The summed E-state index contributed by atoms with van der Waals surface area (Å²) in [4.78, 5) is 23.7. The van der Waals surface area contributed by atoms with Crippen LogP contribution < -0.4 is 0 Å². The van der Waals surface area contributed by atoms with Gasteiger partial charge in [-0.3, -0.25) is 9.78 Å². The van der Waals surface area contributed by atoms with Crippen LogP contribution in [0.1, 0.15) is 32.4 Å². The van der Waals surface area contributed by atoms with Gasteiger partial charge in [-0.25, -0.2) is 14.1 Å². The Bertz CT molecular complexity index is 996. The Morgan fingerprint density at radius 3 is 2.62 bits per heavy atom. The van der Waals surface area contributed by atoms with Crippen molar-refractivity contribution in [1.29, 1.82) is 0 Å². The molecule has 4 heterocycles. The molecule has 4 rings (SSSR count). The third-order valence-corrected chi connectivity index (χ3v) is 5.42. The molecule has 7 nitrogen and oxygen atoms in total. The molecule has 0 unspecified atom stereocenters. The number of aromatic nitrogens is 5. The summed E-state index contributed by atoms with van der Waals surface area (Å²) in [6.07, 6.45) is 7.17. The maximum atomic E-state index is 15.3. The van der Waals surface area contributed by atoms with Crippen molar-refractivity contribution in [1.82, 2.24) is 29.9 Å². The van der Waals surface area contributed by atoms with E-state index in [1.807, 2.05) is 12.1 Å². The van der Waals surface area contributed by atoms with Crippen LogP contribution in [0.2, 0.25) is 0 Å². The lowest BCUT2D eigenvalue weighted by molar-refractivity contribution is -0.133. The van der Waals surface area contributed by atoms with Crippen LogP contribution in [-0.4, -0.2) is 60.9 Å². The highest BCUT2D eigenvalue weighted by Crippen LogP contribution is 2.29. The minimum Gasteiger partial charge on any atom is -0.303 e. The highest BCUT2D eigenvalue weighted by molar-refractivity contribution is 5.90. The Balaban J connectivity index is 1.48. The largest absolute Gasteiger partial charge is 0.303 e. The van der Waals surface area contributed by atoms with E-state index >= 15 is 4.39 Å². The Morgan fingerprint density at radius 2 is 1.93 bits per heavy atom. The molecule has 0 spiro atoms. The highest BCUT2D eigenvalue weighted by Gasteiger charge is 2.41. The molecule has 0 N–H and O–H groups in total. The molecule has 29 heavy (non-hydrogen) atoms. The molecule has 0 atom stereocenters. The van der Waals surface area contributed by atoms with E-state index in [1.54, 1.807) is 29.5 Å².